The summed E-state index contributed by atoms with van der Waals surface area (Å²) in [5.41, 5.74) is 2.24. The van der Waals surface area contributed by atoms with Gasteiger partial charge in [-0.05, 0) is 47.0 Å². The number of ether oxygens (including phenoxy) is 1. The van der Waals surface area contributed by atoms with E-state index in [1.54, 1.807) is 35.9 Å². The highest BCUT2D eigenvalue weighted by Gasteiger charge is 2.20. The fourth-order valence-corrected chi connectivity index (χ4v) is 5.04. The average Bonchev–Trinajstić information content (AvgIpc) is 2.99. The molecule has 0 N–H and O–H groups in total. The molecule has 0 spiro atoms. The van der Waals surface area contributed by atoms with Gasteiger partial charge in [0, 0.05) is 6.20 Å². The smallest absolute Gasteiger partial charge is 0.341 e. The van der Waals surface area contributed by atoms with Crippen molar-refractivity contribution in [2.75, 3.05) is 6.61 Å². The van der Waals surface area contributed by atoms with Crippen molar-refractivity contribution in [3.63, 3.8) is 0 Å². The Kier molecular flexibility index (Phi) is 6.95. The molecule has 3 aromatic heterocycles. The lowest BCUT2D eigenvalue weighted by Gasteiger charge is -2.15. The molecule has 8 nitrogen and oxygen atoms in total. The Labute approximate surface area is 234 Å². The summed E-state index contributed by atoms with van der Waals surface area (Å²) in [6, 6.07) is 29.9. The van der Waals surface area contributed by atoms with Crippen LogP contribution in [-0.4, -0.2) is 32.4 Å². The van der Waals surface area contributed by atoms with Crippen LogP contribution in [0, 0.1) is 0 Å². The van der Waals surface area contributed by atoms with Gasteiger partial charge in [-0.2, -0.15) is 4.99 Å². The quantitative estimate of drug-likeness (QED) is 0.225. The van der Waals surface area contributed by atoms with Gasteiger partial charge in [-0.3, -0.25) is 14.0 Å². The summed E-state index contributed by atoms with van der Waals surface area (Å²) in [5, 5.41) is 2.19. The number of esters is 1. The van der Waals surface area contributed by atoms with E-state index in [1.807, 2.05) is 72.8 Å². The lowest BCUT2D eigenvalue weighted by Crippen LogP contribution is -2.33. The zero-order chi connectivity index (χ0) is 28.3. The molecule has 0 saturated carbocycles. The number of carbonyl (C=O) groups is 2. The first-order valence-electron chi connectivity index (χ1n) is 13.3. The zero-order valence-corrected chi connectivity index (χ0v) is 22.4. The monoisotopic (exact) mass is 542 g/mol. The number of aromatic nitrogens is 3. The van der Waals surface area contributed by atoms with Crippen LogP contribution >= 0.6 is 0 Å². The molecule has 0 aliphatic heterocycles. The molecular formula is C33H26N4O4. The summed E-state index contributed by atoms with van der Waals surface area (Å²) in [6.45, 7) is 2.04. The van der Waals surface area contributed by atoms with Gasteiger partial charge in [0.1, 0.15) is 16.9 Å². The van der Waals surface area contributed by atoms with E-state index in [-0.39, 0.29) is 41.6 Å². The van der Waals surface area contributed by atoms with E-state index in [9.17, 15) is 14.4 Å². The maximum absolute atomic E-state index is 13.6. The molecular weight excluding hydrogens is 516 g/mol. The van der Waals surface area contributed by atoms with Gasteiger partial charge in [-0.25, -0.2) is 9.78 Å². The number of nitrogens with zero attached hydrogens (tertiary/aromatic N) is 4. The van der Waals surface area contributed by atoms with E-state index in [0.717, 1.165) is 21.9 Å². The van der Waals surface area contributed by atoms with E-state index in [1.165, 1.54) is 10.5 Å². The topological polar surface area (TPSA) is 95.0 Å². The minimum atomic E-state index is -0.675. The Morgan fingerprint density at radius 3 is 2.46 bits per heavy atom. The van der Waals surface area contributed by atoms with E-state index >= 15 is 0 Å². The highest BCUT2D eigenvalue weighted by atomic mass is 16.5. The van der Waals surface area contributed by atoms with Gasteiger partial charge < -0.3 is 9.30 Å². The summed E-state index contributed by atoms with van der Waals surface area (Å²) in [5.74, 6) is -1.11. The number of pyridine rings is 2. The lowest BCUT2D eigenvalue weighted by atomic mass is 10.0. The van der Waals surface area contributed by atoms with Gasteiger partial charge in [0.25, 0.3) is 11.5 Å². The third-order valence-corrected chi connectivity index (χ3v) is 6.92. The first-order chi connectivity index (χ1) is 20.0. The molecule has 0 fully saturated rings. The summed E-state index contributed by atoms with van der Waals surface area (Å²) in [6.07, 6.45) is 1.66. The van der Waals surface area contributed by atoms with Crippen LogP contribution in [0.25, 0.3) is 27.5 Å². The molecule has 3 heterocycles. The van der Waals surface area contributed by atoms with Crippen molar-refractivity contribution < 1.29 is 14.3 Å². The molecule has 0 saturated heterocycles. The molecule has 0 unspecified atom stereocenters. The van der Waals surface area contributed by atoms with Crippen molar-refractivity contribution in [1.82, 2.24) is 14.0 Å². The second kappa shape index (κ2) is 11.0. The van der Waals surface area contributed by atoms with Crippen molar-refractivity contribution in [1.29, 1.82) is 0 Å². The summed E-state index contributed by atoms with van der Waals surface area (Å²) < 4.78 is 8.44. The molecule has 0 atom stereocenters. The molecule has 6 rings (SSSR count). The summed E-state index contributed by atoms with van der Waals surface area (Å²) in [4.78, 5) is 49.7. The van der Waals surface area contributed by atoms with Crippen LogP contribution in [-0.2, 0) is 22.5 Å². The Morgan fingerprint density at radius 2 is 1.63 bits per heavy atom. The van der Waals surface area contributed by atoms with E-state index < -0.39 is 11.9 Å². The number of amides is 1. The second-order valence-electron chi connectivity index (χ2n) is 9.58. The number of hydrogen-bond acceptors (Lipinski definition) is 5. The van der Waals surface area contributed by atoms with Crippen molar-refractivity contribution in [3.05, 3.63) is 136 Å². The standard InChI is InChI=1S/C33H26N4O4/c1-2-41-33(40)27-20-26-30(34-28-17-8-9-18-36(28)32(26)39)37(21-22-11-4-3-5-12-22)31(27)35-29(38)19-24-15-10-14-23-13-6-7-16-25(23)24/h3-18,20H,2,19,21H2,1H3. The van der Waals surface area contributed by atoms with E-state index in [4.69, 9.17) is 9.72 Å². The van der Waals surface area contributed by atoms with Gasteiger partial charge in [-0.1, -0.05) is 78.9 Å². The predicted octanol–water partition coefficient (Wildman–Crippen LogP) is 4.70. The Bertz CT molecular complexity index is 2070. The molecule has 0 radical (unpaired) electrons. The first-order valence-corrected chi connectivity index (χ1v) is 13.3. The number of fused-ring (bicyclic) bond motifs is 3. The second-order valence-corrected chi connectivity index (χ2v) is 9.58. The van der Waals surface area contributed by atoms with Gasteiger partial charge in [0.05, 0.1) is 25.0 Å². The molecule has 1 amide bonds. The van der Waals surface area contributed by atoms with Crippen molar-refractivity contribution in [3.8, 4) is 0 Å². The highest BCUT2D eigenvalue weighted by Crippen LogP contribution is 2.19. The summed E-state index contributed by atoms with van der Waals surface area (Å²) in [7, 11) is 0. The third-order valence-electron chi connectivity index (χ3n) is 6.92. The van der Waals surface area contributed by atoms with Gasteiger partial charge in [0.2, 0.25) is 0 Å². The maximum Gasteiger partial charge on any atom is 0.341 e. The number of benzene rings is 3. The molecule has 8 heteroatoms. The fourth-order valence-electron chi connectivity index (χ4n) is 5.04. The predicted molar refractivity (Wildman–Crippen MR) is 157 cm³/mol. The molecule has 0 aliphatic carbocycles. The minimum absolute atomic E-state index is 0.0244. The van der Waals surface area contributed by atoms with Crippen LogP contribution in [0.2, 0.25) is 0 Å². The van der Waals surface area contributed by atoms with Crippen molar-refractivity contribution in [2.24, 2.45) is 4.99 Å². The maximum atomic E-state index is 13.6. The number of hydrogen-bond donors (Lipinski definition) is 0. The molecule has 41 heavy (non-hydrogen) atoms. The van der Waals surface area contributed by atoms with Gasteiger partial charge in [0.15, 0.2) is 5.49 Å². The van der Waals surface area contributed by atoms with Crippen molar-refractivity contribution >= 4 is 39.3 Å². The van der Waals surface area contributed by atoms with E-state index in [2.05, 4.69) is 4.99 Å². The molecule has 0 bridgehead atoms. The van der Waals surface area contributed by atoms with Crippen LogP contribution in [0.3, 0.4) is 0 Å². The zero-order valence-electron chi connectivity index (χ0n) is 22.4. The first kappa shape index (κ1) is 25.9. The van der Waals surface area contributed by atoms with Crippen LogP contribution in [0.1, 0.15) is 28.4 Å². The number of rotatable bonds is 6. The Morgan fingerprint density at radius 1 is 0.878 bits per heavy atom. The molecule has 3 aromatic carbocycles. The lowest BCUT2D eigenvalue weighted by molar-refractivity contribution is -0.117. The SMILES string of the molecule is CCOC(=O)c1cc2c(=O)n3ccccc3nc2n(Cc2ccccc2)c1=NC(=O)Cc1cccc2ccccc12. The largest absolute Gasteiger partial charge is 0.462 e. The average molecular weight is 543 g/mol. The van der Waals surface area contributed by atoms with Gasteiger partial charge >= 0.3 is 5.97 Å². The van der Waals surface area contributed by atoms with Gasteiger partial charge in [-0.15, -0.1) is 0 Å². The number of carbonyl (C=O) groups excluding carboxylic acids is 2. The third kappa shape index (κ3) is 5.03. The summed E-state index contributed by atoms with van der Waals surface area (Å²) >= 11 is 0. The Balaban J connectivity index is 1.62. The highest BCUT2D eigenvalue weighted by molar-refractivity contribution is 5.94. The fraction of sp³-hybridized carbons (Fsp3) is 0.121. The van der Waals surface area contributed by atoms with Crippen LogP contribution < -0.4 is 11.0 Å². The molecule has 202 valence electrons. The molecule has 0 aliphatic rings. The normalized spacial score (nSPS) is 11.8. The van der Waals surface area contributed by atoms with Crippen molar-refractivity contribution in [2.45, 2.75) is 19.9 Å². The van der Waals surface area contributed by atoms with Crippen LogP contribution in [0.4, 0.5) is 0 Å². The van der Waals surface area contributed by atoms with Crippen LogP contribution in [0.5, 0.6) is 0 Å². The Hall–Kier alpha value is -5.37. The van der Waals surface area contributed by atoms with Crippen LogP contribution in [0.15, 0.2) is 113 Å². The van der Waals surface area contributed by atoms with E-state index in [0.29, 0.717) is 11.3 Å². The minimum Gasteiger partial charge on any atom is -0.462 e. The molecule has 6 aromatic rings.